The van der Waals surface area contributed by atoms with Gasteiger partial charge in [-0.1, -0.05) is 83.5 Å². The molecule has 16 heteroatoms. The van der Waals surface area contributed by atoms with Crippen LogP contribution in [0, 0.1) is 5.92 Å². The van der Waals surface area contributed by atoms with Gasteiger partial charge in [0.25, 0.3) is 0 Å². The van der Waals surface area contributed by atoms with Gasteiger partial charge in [0.1, 0.15) is 30.4 Å². The highest BCUT2D eigenvalue weighted by molar-refractivity contribution is 7.89. The third-order valence-corrected chi connectivity index (χ3v) is 12.9. The Bertz CT molecular complexity index is 1590. The van der Waals surface area contributed by atoms with Crippen LogP contribution >= 0.6 is 0 Å². The molecule has 0 aliphatic heterocycles. The molecular weight excluding hydrogens is 761 g/mol. The van der Waals surface area contributed by atoms with Crippen LogP contribution in [-0.2, 0) is 51.3 Å². The van der Waals surface area contributed by atoms with Gasteiger partial charge in [-0.15, -0.1) is 0 Å². The first-order valence-corrected chi connectivity index (χ1v) is 27.7. The lowest BCUT2D eigenvalue weighted by Crippen LogP contribution is -2.45. The normalized spacial score (nSPS) is 13.6. The van der Waals surface area contributed by atoms with E-state index >= 15 is 0 Å². The van der Waals surface area contributed by atoms with E-state index in [1.165, 1.54) is 19.2 Å². The number of carbonyl (C=O) groups excluding carboxylic acids is 2. The number of carbonyl (C=O) groups is 2. The van der Waals surface area contributed by atoms with E-state index in [-0.39, 0.29) is 55.2 Å². The second kappa shape index (κ2) is 22.1. The summed E-state index contributed by atoms with van der Waals surface area (Å²) in [7, 11) is -5.79. The number of nitrogens with one attached hydrogen (secondary N) is 2. The molecular formula is C39H66N2O11SSi2. The van der Waals surface area contributed by atoms with Crippen LogP contribution in [-0.4, -0.2) is 95.1 Å². The van der Waals surface area contributed by atoms with Crippen molar-refractivity contribution >= 4 is 44.1 Å². The van der Waals surface area contributed by atoms with Crippen molar-refractivity contribution in [2.75, 3.05) is 45.8 Å². The van der Waals surface area contributed by atoms with Crippen LogP contribution in [0.1, 0.15) is 45.7 Å². The summed E-state index contributed by atoms with van der Waals surface area (Å²) in [6.45, 7) is 23.0. The number of rotatable bonds is 23. The molecule has 0 heterocycles. The van der Waals surface area contributed by atoms with Crippen LogP contribution in [0.4, 0.5) is 15.3 Å². The summed E-state index contributed by atoms with van der Waals surface area (Å²) >= 11 is 0. The van der Waals surface area contributed by atoms with E-state index in [9.17, 15) is 18.0 Å². The zero-order valence-corrected chi connectivity index (χ0v) is 37.9. The number of hydrogen-bond acceptors (Lipinski definition) is 11. The van der Waals surface area contributed by atoms with Crippen molar-refractivity contribution in [3.63, 3.8) is 0 Å². The molecule has 0 saturated heterocycles. The maximum atomic E-state index is 14.3. The number of sulfonamides is 1. The molecule has 2 rings (SSSR count). The lowest BCUT2D eigenvalue weighted by Gasteiger charge is -2.29. The molecule has 0 radical (unpaired) electrons. The molecule has 2 unspecified atom stereocenters. The predicted molar refractivity (Wildman–Crippen MR) is 221 cm³/mol. The summed E-state index contributed by atoms with van der Waals surface area (Å²) in [4.78, 5) is 25.5. The lowest BCUT2D eigenvalue weighted by atomic mass is 10.0. The number of amides is 1. The molecule has 0 spiro atoms. The van der Waals surface area contributed by atoms with E-state index in [4.69, 9.17) is 33.2 Å². The Hall–Kier alpha value is -3.00. The Balaban J connectivity index is 2.52. The molecule has 55 heavy (non-hydrogen) atoms. The number of methoxy groups -OCH3 is 1. The molecule has 0 aliphatic carbocycles. The van der Waals surface area contributed by atoms with Gasteiger partial charge in [0, 0.05) is 42.3 Å². The molecule has 1 amide bonds. The standard InChI is InChI=1S/C39H66N2O11SSi2/c1-29(2)24-31-35(19-18-32(36(31)41-37(42)46-6)49-27-47-20-22-54(7,8)9)53(44,45)40-26-34(50-28-48-21-23-55(10,11)12)33(25-30-16-14-13-15-17-30)51-38(43)52-39(3,4)5/h13-19,29,33-34,40H,20-28H2,1-12H3,(H,41,42). The van der Waals surface area contributed by atoms with Gasteiger partial charge < -0.3 is 33.2 Å². The summed E-state index contributed by atoms with van der Waals surface area (Å²) in [5.74, 6) is 0.218. The highest BCUT2D eigenvalue weighted by Crippen LogP contribution is 2.36. The van der Waals surface area contributed by atoms with Gasteiger partial charge >= 0.3 is 12.2 Å². The van der Waals surface area contributed by atoms with E-state index in [1.54, 1.807) is 20.8 Å². The Morgan fingerprint density at radius 3 is 1.96 bits per heavy atom. The van der Waals surface area contributed by atoms with Gasteiger partial charge in [0.15, 0.2) is 6.79 Å². The van der Waals surface area contributed by atoms with Gasteiger partial charge in [0.2, 0.25) is 10.0 Å². The van der Waals surface area contributed by atoms with E-state index in [0.717, 1.165) is 17.7 Å². The van der Waals surface area contributed by atoms with Crippen LogP contribution in [0.25, 0.3) is 0 Å². The second-order valence-corrected chi connectivity index (χ2v) is 30.3. The van der Waals surface area contributed by atoms with Crippen molar-refractivity contribution in [3.05, 3.63) is 53.6 Å². The van der Waals surface area contributed by atoms with Gasteiger partial charge in [-0.2, -0.15) is 0 Å². The highest BCUT2D eigenvalue weighted by Gasteiger charge is 2.32. The number of benzene rings is 2. The zero-order valence-electron chi connectivity index (χ0n) is 35.0. The Labute approximate surface area is 331 Å². The number of hydrogen-bond donors (Lipinski definition) is 2. The van der Waals surface area contributed by atoms with Crippen molar-refractivity contribution in [2.45, 2.75) is 122 Å². The van der Waals surface area contributed by atoms with Gasteiger partial charge in [-0.05, 0) is 68.5 Å². The molecule has 0 saturated carbocycles. The fourth-order valence-electron chi connectivity index (χ4n) is 5.06. The molecule has 0 fully saturated rings. The summed E-state index contributed by atoms with van der Waals surface area (Å²) in [5.41, 5.74) is 0.497. The molecule has 0 aliphatic rings. The predicted octanol–water partition coefficient (Wildman–Crippen LogP) is 8.29. The van der Waals surface area contributed by atoms with E-state index in [1.807, 2.05) is 44.2 Å². The topological polar surface area (TPSA) is 157 Å². The minimum atomic E-state index is -4.29. The highest BCUT2D eigenvalue weighted by atomic mass is 32.2. The molecule has 2 aromatic carbocycles. The average molecular weight is 827 g/mol. The minimum absolute atomic E-state index is 0.0164. The quantitative estimate of drug-likeness (QED) is 0.0481. The van der Waals surface area contributed by atoms with Gasteiger partial charge in [-0.3, -0.25) is 5.32 Å². The SMILES string of the molecule is COC(=O)Nc1c(OCOCC[Si](C)(C)C)ccc(S(=O)(=O)NCC(OCOCC[Si](C)(C)C)C(Cc2ccccc2)OC(=O)OC(C)(C)C)c1CC(C)C. The van der Waals surface area contributed by atoms with Crippen molar-refractivity contribution < 1.29 is 51.2 Å². The smallest absolute Gasteiger partial charge is 0.465 e. The third-order valence-electron chi connectivity index (χ3n) is 8.01. The first-order chi connectivity index (χ1) is 25.5. The van der Waals surface area contributed by atoms with E-state index < -0.39 is 56.2 Å². The van der Waals surface area contributed by atoms with Crippen molar-refractivity contribution in [2.24, 2.45) is 5.92 Å². The van der Waals surface area contributed by atoms with Crippen LogP contribution in [0.5, 0.6) is 5.75 Å². The molecule has 0 aromatic heterocycles. The Morgan fingerprint density at radius 2 is 1.42 bits per heavy atom. The van der Waals surface area contributed by atoms with E-state index in [2.05, 4.69) is 49.3 Å². The molecule has 2 aromatic rings. The maximum Gasteiger partial charge on any atom is 0.509 e. The first kappa shape index (κ1) is 48.2. The zero-order chi connectivity index (χ0) is 41.5. The average Bonchev–Trinajstić information content (AvgIpc) is 3.05. The summed E-state index contributed by atoms with van der Waals surface area (Å²) in [5, 5.41) is 2.68. The molecule has 13 nitrogen and oxygen atoms in total. The van der Waals surface area contributed by atoms with Gasteiger partial charge in [0.05, 0.1) is 17.7 Å². The molecule has 312 valence electrons. The van der Waals surface area contributed by atoms with Crippen LogP contribution in [0.3, 0.4) is 0 Å². The summed E-state index contributed by atoms with van der Waals surface area (Å²) in [6.07, 6.45) is -3.19. The maximum absolute atomic E-state index is 14.3. The number of ether oxygens (including phenoxy) is 7. The van der Waals surface area contributed by atoms with Crippen LogP contribution < -0.4 is 14.8 Å². The fraction of sp³-hybridized carbons (Fsp3) is 0.641. The first-order valence-electron chi connectivity index (χ1n) is 18.8. The van der Waals surface area contributed by atoms with Crippen molar-refractivity contribution in [1.29, 1.82) is 0 Å². The molecule has 2 N–H and O–H groups in total. The Morgan fingerprint density at radius 1 is 0.818 bits per heavy atom. The molecule has 2 atom stereocenters. The lowest BCUT2D eigenvalue weighted by molar-refractivity contribution is -0.130. The molecule has 0 bridgehead atoms. The second-order valence-electron chi connectivity index (χ2n) is 17.3. The Kier molecular flexibility index (Phi) is 19.3. The monoisotopic (exact) mass is 826 g/mol. The van der Waals surface area contributed by atoms with Crippen LogP contribution in [0.15, 0.2) is 47.4 Å². The van der Waals surface area contributed by atoms with Gasteiger partial charge in [-0.25, -0.2) is 22.7 Å². The fourth-order valence-corrected chi connectivity index (χ4v) is 7.87. The van der Waals surface area contributed by atoms with Crippen molar-refractivity contribution in [3.8, 4) is 5.75 Å². The summed E-state index contributed by atoms with van der Waals surface area (Å²) < 4.78 is 71.2. The van der Waals surface area contributed by atoms with Crippen LogP contribution in [0.2, 0.25) is 51.4 Å². The summed E-state index contributed by atoms with van der Waals surface area (Å²) in [6, 6.07) is 14.1. The van der Waals surface area contributed by atoms with Crippen molar-refractivity contribution in [1.82, 2.24) is 4.72 Å². The largest absolute Gasteiger partial charge is 0.509 e. The number of anilines is 1. The third kappa shape index (κ3) is 19.6. The van der Waals surface area contributed by atoms with E-state index in [0.29, 0.717) is 18.8 Å². The minimum Gasteiger partial charge on any atom is -0.465 e.